The average molecular weight is 274 g/mol. The van der Waals surface area contributed by atoms with Gasteiger partial charge in [-0.3, -0.25) is 0 Å². The van der Waals surface area contributed by atoms with Gasteiger partial charge in [-0.05, 0) is 44.4 Å². The Balaban J connectivity index is 1.88. The maximum Gasteiger partial charge on any atom is 0.135 e. The Labute approximate surface area is 121 Å². The van der Waals surface area contributed by atoms with Crippen molar-refractivity contribution >= 4 is 11.6 Å². The molecule has 0 unspecified atom stereocenters. The van der Waals surface area contributed by atoms with Gasteiger partial charge in [0, 0.05) is 24.6 Å². The van der Waals surface area contributed by atoms with Crippen LogP contribution in [-0.2, 0) is 0 Å². The van der Waals surface area contributed by atoms with E-state index in [2.05, 4.69) is 36.4 Å². The van der Waals surface area contributed by atoms with Crippen LogP contribution in [0.15, 0.2) is 0 Å². The summed E-state index contributed by atoms with van der Waals surface area (Å²) in [6.45, 7) is 6.40. The molecule has 0 amide bonds. The number of hydrogen-bond acceptors (Lipinski definition) is 4. The molecule has 20 heavy (non-hydrogen) atoms. The van der Waals surface area contributed by atoms with Gasteiger partial charge >= 0.3 is 0 Å². The van der Waals surface area contributed by atoms with E-state index < -0.39 is 0 Å². The molecule has 4 heteroatoms. The van der Waals surface area contributed by atoms with E-state index in [9.17, 15) is 0 Å². The van der Waals surface area contributed by atoms with Crippen LogP contribution in [0.3, 0.4) is 0 Å². The van der Waals surface area contributed by atoms with E-state index >= 15 is 0 Å². The highest BCUT2D eigenvalue weighted by Gasteiger charge is 2.41. The number of rotatable bonds is 6. The maximum atomic E-state index is 4.78. The van der Waals surface area contributed by atoms with Crippen molar-refractivity contribution in [3.05, 3.63) is 11.4 Å². The third-order valence-corrected chi connectivity index (χ3v) is 4.48. The lowest BCUT2D eigenvalue weighted by atomic mass is 10.1. The normalized spacial score (nSPS) is 18.7. The van der Waals surface area contributed by atoms with E-state index in [-0.39, 0.29) is 0 Å². The zero-order chi connectivity index (χ0) is 14.3. The molecule has 2 fully saturated rings. The van der Waals surface area contributed by atoms with Crippen molar-refractivity contribution in [2.75, 3.05) is 17.7 Å². The van der Waals surface area contributed by atoms with Crippen LogP contribution in [-0.4, -0.2) is 23.1 Å². The molecular weight excluding hydrogens is 248 g/mol. The van der Waals surface area contributed by atoms with Crippen molar-refractivity contribution in [2.24, 2.45) is 11.8 Å². The molecule has 0 aromatic carbocycles. The predicted octanol–water partition coefficient (Wildman–Crippen LogP) is 3.55. The second-order valence-electron chi connectivity index (χ2n) is 6.65. The minimum absolute atomic E-state index is 0.351. The zero-order valence-corrected chi connectivity index (χ0v) is 13.0. The molecule has 4 nitrogen and oxygen atoms in total. The molecule has 2 aliphatic rings. The molecule has 2 N–H and O–H groups in total. The lowest BCUT2D eigenvalue weighted by Gasteiger charge is -2.21. The van der Waals surface area contributed by atoms with Crippen molar-refractivity contribution in [1.82, 2.24) is 9.97 Å². The summed E-state index contributed by atoms with van der Waals surface area (Å²) in [5.41, 5.74) is 1.14. The first kappa shape index (κ1) is 13.7. The van der Waals surface area contributed by atoms with Gasteiger partial charge in [-0.1, -0.05) is 13.8 Å². The summed E-state index contributed by atoms with van der Waals surface area (Å²) in [5.74, 6) is 5.01. The van der Waals surface area contributed by atoms with Gasteiger partial charge in [0.15, 0.2) is 0 Å². The molecule has 0 saturated heterocycles. The molecule has 3 rings (SSSR count). The van der Waals surface area contributed by atoms with Gasteiger partial charge in [0.05, 0.1) is 0 Å². The van der Waals surface area contributed by atoms with Crippen molar-refractivity contribution in [2.45, 2.75) is 58.4 Å². The number of hydrogen-bond donors (Lipinski definition) is 2. The number of nitrogens with zero attached hydrogens (tertiary/aromatic N) is 2. The number of nitrogens with one attached hydrogen (secondary N) is 2. The van der Waals surface area contributed by atoms with Gasteiger partial charge in [0.2, 0.25) is 0 Å². The van der Waals surface area contributed by atoms with E-state index in [1.54, 1.807) is 0 Å². The van der Waals surface area contributed by atoms with E-state index in [1.165, 1.54) is 25.7 Å². The first-order chi connectivity index (χ1) is 9.60. The highest BCUT2D eigenvalue weighted by Crippen LogP contribution is 2.46. The second-order valence-corrected chi connectivity index (χ2v) is 6.65. The molecule has 2 saturated carbocycles. The summed E-state index contributed by atoms with van der Waals surface area (Å²) in [7, 11) is 1.93. The predicted molar refractivity (Wildman–Crippen MR) is 83.3 cm³/mol. The Bertz CT molecular complexity index is 477. The van der Waals surface area contributed by atoms with Crippen LogP contribution in [0.5, 0.6) is 0 Å². The fraction of sp³-hybridized carbons (Fsp3) is 0.750. The van der Waals surface area contributed by atoms with E-state index in [0.29, 0.717) is 12.0 Å². The molecule has 1 aromatic rings. The summed E-state index contributed by atoms with van der Waals surface area (Å²) in [5, 5.41) is 6.95. The summed E-state index contributed by atoms with van der Waals surface area (Å²) in [6, 6.07) is 0.633. The first-order valence-corrected chi connectivity index (χ1v) is 7.93. The highest BCUT2D eigenvalue weighted by molar-refractivity contribution is 5.57. The lowest BCUT2D eigenvalue weighted by molar-refractivity contribution is 0.564. The minimum atomic E-state index is 0.351. The van der Waals surface area contributed by atoms with Crippen LogP contribution in [0, 0.1) is 18.8 Å². The van der Waals surface area contributed by atoms with E-state index in [1.807, 2.05) is 7.05 Å². The lowest BCUT2D eigenvalue weighted by Crippen LogP contribution is -2.26. The van der Waals surface area contributed by atoms with Gasteiger partial charge in [-0.25, -0.2) is 9.97 Å². The summed E-state index contributed by atoms with van der Waals surface area (Å²) >= 11 is 0. The smallest absolute Gasteiger partial charge is 0.135 e. The monoisotopic (exact) mass is 274 g/mol. The van der Waals surface area contributed by atoms with Crippen molar-refractivity contribution in [1.29, 1.82) is 0 Å². The molecule has 0 radical (unpaired) electrons. The van der Waals surface area contributed by atoms with Gasteiger partial charge in [0.25, 0.3) is 0 Å². The summed E-state index contributed by atoms with van der Waals surface area (Å²) in [6.07, 6.45) is 5.53. The zero-order valence-electron chi connectivity index (χ0n) is 13.0. The van der Waals surface area contributed by atoms with Crippen LogP contribution in [0.25, 0.3) is 0 Å². The van der Waals surface area contributed by atoms with Crippen LogP contribution >= 0.6 is 0 Å². The first-order valence-electron chi connectivity index (χ1n) is 7.93. The molecule has 0 bridgehead atoms. The quantitative estimate of drug-likeness (QED) is 0.833. The number of aromatic nitrogens is 2. The van der Waals surface area contributed by atoms with Crippen molar-refractivity contribution < 1.29 is 0 Å². The van der Waals surface area contributed by atoms with Gasteiger partial charge < -0.3 is 10.6 Å². The van der Waals surface area contributed by atoms with Gasteiger partial charge in [-0.2, -0.15) is 0 Å². The summed E-state index contributed by atoms with van der Waals surface area (Å²) in [4.78, 5) is 9.40. The van der Waals surface area contributed by atoms with Crippen molar-refractivity contribution in [3.63, 3.8) is 0 Å². The van der Waals surface area contributed by atoms with Gasteiger partial charge in [0.1, 0.15) is 17.5 Å². The molecule has 0 aliphatic heterocycles. The Kier molecular flexibility index (Phi) is 3.57. The third-order valence-electron chi connectivity index (χ3n) is 4.48. The van der Waals surface area contributed by atoms with Crippen LogP contribution < -0.4 is 10.6 Å². The third kappa shape index (κ3) is 2.74. The Morgan fingerprint density at radius 1 is 1.00 bits per heavy atom. The standard InChI is InChI=1S/C16H26N4/c1-9(2)14-19-15(17-4)10(3)16(20-14)18-13(11-5-6-11)12-7-8-12/h9,11-13H,5-8H2,1-4H3,(H2,17,18,19,20). The highest BCUT2D eigenvalue weighted by atomic mass is 15.1. The SMILES string of the molecule is CNc1nc(C(C)C)nc(NC(C2CC2)C2CC2)c1C. The van der Waals surface area contributed by atoms with Crippen LogP contribution in [0.2, 0.25) is 0 Å². The number of anilines is 2. The molecule has 0 atom stereocenters. The molecule has 1 aromatic heterocycles. The minimum Gasteiger partial charge on any atom is -0.373 e. The molecular formula is C16H26N4. The fourth-order valence-electron chi connectivity index (χ4n) is 2.87. The van der Waals surface area contributed by atoms with E-state index in [0.717, 1.165) is 34.9 Å². The van der Waals surface area contributed by atoms with E-state index in [4.69, 9.17) is 4.98 Å². The van der Waals surface area contributed by atoms with Crippen LogP contribution in [0.1, 0.15) is 56.8 Å². The largest absolute Gasteiger partial charge is 0.373 e. The maximum absolute atomic E-state index is 4.78. The topological polar surface area (TPSA) is 49.8 Å². The molecule has 1 heterocycles. The second kappa shape index (κ2) is 5.23. The van der Waals surface area contributed by atoms with Gasteiger partial charge in [-0.15, -0.1) is 0 Å². The van der Waals surface area contributed by atoms with Crippen molar-refractivity contribution in [3.8, 4) is 0 Å². The molecule has 110 valence electrons. The Morgan fingerprint density at radius 2 is 1.55 bits per heavy atom. The Hall–Kier alpha value is -1.32. The Morgan fingerprint density at radius 3 is 2.00 bits per heavy atom. The molecule has 2 aliphatic carbocycles. The fourth-order valence-corrected chi connectivity index (χ4v) is 2.87. The molecule has 0 spiro atoms. The average Bonchev–Trinajstić information content (AvgIpc) is 3.28. The van der Waals surface area contributed by atoms with Crippen LogP contribution in [0.4, 0.5) is 11.6 Å². The summed E-state index contributed by atoms with van der Waals surface area (Å²) < 4.78 is 0.